The zero-order valence-corrected chi connectivity index (χ0v) is 11.3. The molecule has 94 valence electrons. The predicted molar refractivity (Wildman–Crippen MR) is 79.7 cm³/mol. The lowest BCUT2D eigenvalue weighted by Gasteiger charge is -2.10. The van der Waals surface area contributed by atoms with Crippen LogP contribution < -0.4 is 5.32 Å². The van der Waals surface area contributed by atoms with E-state index >= 15 is 0 Å². The number of amides is 1. The topological polar surface area (TPSA) is 41.5 Å². The Balaban J connectivity index is 2.35. The van der Waals surface area contributed by atoms with E-state index in [9.17, 15) is 4.79 Å². The lowest BCUT2D eigenvalue weighted by atomic mass is 10.0. The molecule has 3 rings (SSSR count). The molecule has 0 spiro atoms. The van der Waals surface area contributed by atoms with Gasteiger partial charge in [-0.1, -0.05) is 46.1 Å². The van der Waals surface area contributed by atoms with Crippen LogP contribution in [0.25, 0.3) is 0 Å². The summed E-state index contributed by atoms with van der Waals surface area (Å²) in [5.41, 5.74) is 1.15. The molecule has 0 bridgehead atoms. The number of rotatable bonds is 1. The zero-order valence-electron chi connectivity index (χ0n) is 14.7. The van der Waals surface area contributed by atoms with Crippen molar-refractivity contribution < 1.29 is 11.6 Å². The molecule has 0 fully saturated rings. The Hall–Kier alpha value is -1.94. The second-order valence-corrected chi connectivity index (χ2v) is 4.82. The van der Waals surface area contributed by atoms with E-state index in [4.69, 9.17) is 6.85 Å². The molecule has 0 atom stereocenters. The van der Waals surface area contributed by atoms with Crippen LogP contribution in [0.4, 0.5) is 5.69 Å². The summed E-state index contributed by atoms with van der Waals surface area (Å²) in [5, 5.41) is 2.70. The molecule has 1 amide bonds. The number of benzene rings is 2. The highest BCUT2D eigenvalue weighted by atomic mass is 79.9. The summed E-state index contributed by atoms with van der Waals surface area (Å²) in [7, 11) is 0. The van der Waals surface area contributed by atoms with Crippen molar-refractivity contribution in [1.82, 2.24) is 0 Å². The summed E-state index contributed by atoms with van der Waals surface area (Å²) in [6.45, 7) is -0.191. The van der Waals surface area contributed by atoms with Crippen LogP contribution in [-0.2, 0) is 4.79 Å². The van der Waals surface area contributed by atoms with Crippen molar-refractivity contribution in [2.75, 3.05) is 11.9 Å². The average Bonchev–Trinajstić information content (AvgIpc) is 2.70. The Morgan fingerprint density at radius 1 is 1.26 bits per heavy atom. The maximum atomic E-state index is 11.8. The van der Waals surface area contributed by atoms with Crippen LogP contribution in [0, 0.1) is 0 Å². The van der Waals surface area contributed by atoms with Crippen molar-refractivity contribution in [2.45, 2.75) is 0 Å². The minimum atomic E-state index is -0.466. The molecule has 1 heterocycles. The SMILES string of the molecule is [2H]c1c([2H])c([2H])c(C2=NCC(=O)Nc3ccc(Br)cc32)c([2H])c1[2H]. The first-order chi connectivity index (χ1) is 11.3. The summed E-state index contributed by atoms with van der Waals surface area (Å²) >= 11 is 3.34. The van der Waals surface area contributed by atoms with Gasteiger partial charge in [-0.05, 0) is 18.2 Å². The van der Waals surface area contributed by atoms with Gasteiger partial charge in [-0.15, -0.1) is 0 Å². The number of anilines is 1. The second kappa shape index (κ2) is 4.97. The van der Waals surface area contributed by atoms with E-state index in [1.807, 2.05) is 0 Å². The highest BCUT2D eigenvalue weighted by Gasteiger charge is 2.17. The maximum absolute atomic E-state index is 11.8. The summed E-state index contributed by atoms with van der Waals surface area (Å²) in [6.07, 6.45) is 0. The number of hydrogen-bond donors (Lipinski definition) is 1. The van der Waals surface area contributed by atoms with Crippen LogP contribution in [0.1, 0.15) is 18.0 Å². The smallest absolute Gasteiger partial charge is 0.246 e. The molecule has 0 unspecified atom stereocenters. The van der Waals surface area contributed by atoms with Gasteiger partial charge in [-0.25, -0.2) is 0 Å². The quantitative estimate of drug-likeness (QED) is 0.861. The average molecular weight is 320 g/mol. The summed E-state index contributed by atoms with van der Waals surface area (Å²) < 4.78 is 40.3. The molecular weight excluding hydrogens is 304 g/mol. The van der Waals surface area contributed by atoms with Gasteiger partial charge >= 0.3 is 0 Å². The fourth-order valence-corrected chi connectivity index (χ4v) is 2.19. The van der Waals surface area contributed by atoms with Crippen LogP contribution in [0.2, 0.25) is 0 Å². The number of fused-ring (bicyclic) bond motifs is 1. The molecular formula is C15H11BrN2O. The fraction of sp³-hybridized carbons (Fsp3) is 0.0667. The molecule has 3 nitrogen and oxygen atoms in total. The number of aliphatic imine (C=N–C) groups is 1. The molecule has 1 aliphatic rings. The van der Waals surface area contributed by atoms with Gasteiger partial charge in [0.05, 0.1) is 18.3 Å². The Labute approximate surface area is 126 Å². The molecule has 0 aromatic heterocycles. The lowest BCUT2D eigenvalue weighted by Crippen LogP contribution is -2.13. The highest BCUT2D eigenvalue weighted by Crippen LogP contribution is 2.26. The van der Waals surface area contributed by atoms with Crippen LogP contribution in [0.3, 0.4) is 0 Å². The first-order valence-electron chi connectivity index (χ1n) is 8.02. The van der Waals surface area contributed by atoms with Crippen LogP contribution in [0.5, 0.6) is 0 Å². The number of carbonyl (C=O) groups is 1. The second-order valence-electron chi connectivity index (χ2n) is 3.90. The molecule has 0 aliphatic carbocycles. The minimum Gasteiger partial charge on any atom is -0.324 e. The van der Waals surface area contributed by atoms with Crippen LogP contribution in [-0.4, -0.2) is 18.2 Å². The maximum Gasteiger partial charge on any atom is 0.246 e. The van der Waals surface area contributed by atoms with Crippen LogP contribution in [0.15, 0.2) is 57.9 Å². The molecule has 1 aliphatic heterocycles. The first-order valence-corrected chi connectivity index (χ1v) is 6.32. The Kier molecular flexibility index (Phi) is 1.99. The molecule has 0 saturated carbocycles. The lowest BCUT2D eigenvalue weighted by molar-refractivity contribution is -0.114. The third-order valence-corrected chi connectivity index (χ3v) is 3.12. The van der Waals surface area contributed by atoms with E-state index in [0.29, 0.717) is 11.3 Å². The molecule has 4 heteroatoms. The van der Waals surface area contributed by atoms with Crippen molar-refractivity contribution >= 4 is 33.2 Å². The predicted octanol–water partition coefficient (Wildman–Crippen LogP) is 3.24. The molecule has 0 saturated heterocycles. The van der Waals surface area contributed by atoms with E-state index in [1.165, 1.54) is 0 Å². The fourth-order valence-electron chi connectivity index (χ4n) is 1.83. The Morgan fingerprint density at radius 3 is 2.84 bits per heavy atom. The molecule has 0 radical (unpaired) electrons. The highest BCUT2D eigenvalue weighted by molar-refractivity contribution is 9.10. The number of nitrogens with zero attached hydrogens (tertiary/aromatic N) is 1. The van der Waals surface area contributed by atoms with Crippen molar-refractivity contribution in [1.29, 1.82) is 0 Å². The van der Waals surface area contributed by atoms with Gasteiger partial charge in [0.25, 0.3) is 0 Å². The standard InChI is InChI=1S/C15H11BrN2O/c16-11-6-7-13-12(8-11)15(17-9-14(19)18-13)10-4-2-1-3-5-10/h1-8H,9H2,(H,18,19)/i1D,2D,3D,4D,5D. The van der Waals surface area contributed by atoms with Crippen molar-refractivity contribution in [2.24, 2.45) is 4.99 Å². The van der Waals surface area contributed by atoms with Gasteiger partial charge in [-0.2, -0.15) is 0 Å². The van der Waals surface area contributed by atoms with E-state index in [1.54, 1.807) is 18.2 Å². The van der Waals surface area contributed by atoms with Gasteiger partial charge in [0.15, 0.2) is 0 Å². The largest absolute Gasteiger partial charge is 0.324 e. The van der Waals surface area contributed by atoms with Gasteiger partial charge in [0.1, 0.15) is 6.54 Å². The van der Waals surface area contributed by atoms with E-state index in [-0.39, 0.29) is 35.8 Å². The summed E-state index contributed by atoms with van der Waals surface area (Å²) in [5.74, 6) is -0.332. The van der Waals surface area contributed by atoms with Crippen molar-refractivity contribution in [3.8, 4) is 0 Å². The normalized spacial score (nSPS) is 17.8. The number of nitrogens with one attached hydrogen (secondary N) is 1. The van der Waals surface area contributed by atoms with Crippen LogP contribution >= 0.6 is 15.9 Å². The number of halogens is 1. The van der Waals surface area contributed by atoms with Crippen molar-refractivity contribution in [3.63, 3.8) is 0 Å². The van der Waals surface area contributed by atoms with Gasteiger partial charge in [0, 0.05) is 15.6 Å². The third kappa shape index (κ3) is 2.44. The summed E-state index contributed by atoms with van der Waals surface area (Å²) in [4.78, 5) is 16.0. The monoisotopic (exact) mass is 319 g/mol. The van der Waals surface area contributed by atoms with E-state index < -0.39 is 18.1 Å². The number of hydrogen-bond acceptors (Lipinski definition) is 2. The van der Waals surface area contributed by atoms with Crippen molar-refractivity contribution in [3.05, 3.63) is 64.0 Å². The minimum absolute atomic E-state index is 0.0168. The molecule has 2 aromatic rings. The number of benzodiazepines with no additional fused rings is 1. The molecule has 2 aromatic carbocycles. The molecule has 1 N–H and O–H groups in total. The Morgan fingerprint density at radius 2 is 2.05 bits per heavy atom. The third-order valence-electron chi connectivity index (χ3n) is 2.63. The number of carbonyl (C=O) groups excluding carboxylic acids is 1. The summed E-state index contributed by atoms with van der Waals surface area (Å²) in [6, 6.07) is 3.08. The van der Waals surface area contributed by atoms with E-state index in [2.05, 4.69) is 26.2 Å². The van der Waals surface area contributed by atoms with Gasteiger partial charge < -0.3 is 5.32 Å². The van der Waals surface area contributed by atoms with E-state index in [0.717, 1.165) is 4.47 Å². The van der Waals surface area contributed by atoms with Gasteiger partial charge in [-0.3, -0.25) is 9.79 Å². The van der Waals surface area contributed by atoms with Gasteiger partial charge in [0.2, 0.25) is 5.91 Å². The first kappa shape index (κ1) is 7.60. The Bertz CT molecular complexity index is 884. The molecule has 19 heavy (non-hydrogen) atoms. The zero-order chi connectivity index (χ0) is 17.6.